The molecule has 212 valence electrons. The standard InChI is InChI=1S/C24H45NO11/c1-3-4-5-6-7-8-9-10-11-14(2)33-23-21(31)19(29)22(15(34-23)12-25-32)36-24-20(30)18(28)17(27)16(13-26)35-24/h14-24,26-31H,3-13H2,1-2H3. The van der Waals surface area contributed by atoms with Gasteiger partial charge in [-0.3, -0.25) is 0 Å². The van der Waals surface area contributed by atoms with Gasteiger partial charge >= 0.3 is 0 Å². The minimum atomic E-state index is -1.72. The van der Waals surface area contributed by atoms with Gasteiger partial charge < -0.3 is 49.6 Å². The normalized spacial score (nSPS) is 38.1. The van der Waals surface area contributed by atoms with Crippen molar-refractivity contribution in [2.75, 3.05) is 13.2 Å². The van der Waals surface area contributed by atoms with E-state index in [9.17, 15) is 35.5 Å². The molecule has 12 heteroatoms. The summed E-state index contributed by atoms with van der Waals surface area (Å²) >= 11 is 0. The number of nitroso groups, excluding NO2 is 1. The lowest BCUT2D eigenvalue weighted by Gasteiger charge is -2.46. The Morgan fingerprint density at radius 2 is 1.36 bits per heavy atom. The van der Waals surface area contributed by atoms with Gasteiger partial charge in [0, 0.05) is 0 Å². The van der Waals surface area contributed by atoms with E-state index in [0.717, 1.165) is 25.7 Å². The summed E-state index contributed by atoms with van der Waals surface area (Å²) in [5.41, 5.74) is 0. The predicted octanol–water partition coefficient (Wildman–Crippen LogP) is 0.321. The maximum Gasteiger partial charge on any atom is 0.187 e. The van der Waals surface area contributed by atoms with Crippen molar-refractivity contribution in [2.45, 2.75) is 139 Å². The van der Waals surface area contributed by atoms with E-state index in [2.05, 4.69) is 12.1 Å². The van der Waals surface area contributed by atoms with Gasteiger partial charge in [-0.25, -0.2) is 0 Å². The first kappa shape index (κ1) is 31.4. The molecule has 0 aliphatic carbocycles. The lowest BCUT2D eigenvalue weighted by Crippen LogP contribution is -2.64. The molecule has 0 aromatic carbocycles. The molecule has 6 N–H and O–H groups in total. The van der Waals surface area contributed by atoms with Crippen molar-refractivity contribution in [3.63, 3.8) is 0 Å². The number of rotatable bonds is 16. The average Bonchev–Trinajstić information content (AvgIpc) is 2.86. The summed E-state index contributed by atoms with van der Waals surface area (Å²) in [7, 11) is 0. The van der Waals surface area contributed by atoms with Crippen LogP contribution in [0.3, 0.4) is 0 Å². The van der Waals surface area contributed by atoms with Gasteiger partial charge in [0.05, 0.1) is 12.7 Å². The monoisotopic (exact) mass is 523 g/mol. The average molecular weight is 524 g/mol. The summed E-state index contributed by atoms with van der Waals surface area (Å²) in [5.74, 6) is 0. The van der Waals surface area contributed by atoms with E-state index in [0.29, 0.717) is 0 Å². The Hall–Kier alpha value is -0.800. The van der Waals surface area contributed by atoms with Crippen LogP contribution in [0.2, 0.25) is 0 Å². The van der Waals surface area contributed by atoms with Crippen molar-refractivity contribution in [3.05, 3.63) is 4.91 Å². The molecule has 0 saturated carbocycles. The minimum absolute atomic E-state index is 0.273. The molecule has 2 saturated heterocycles. The van der Waals surface area contributed by atoms with Crippen molar-refractivity contribution < 1.29 is 49.6 Å². The highest BCUT2D eigenvalue weighted by atomic mass is 16.7. The van der Waals surface area contributed by atoms with E-state index in [4.69, 9.17) is 18.9 Å². The third kappa shape index (κ3) is 8.90. The number of hydrogen-bond acceptors (Lipinski definition) is 12. The molecule has 2 aliphatic rings. The Morgan fingerprint density at radius 1 is 0.778 bits per heavy atom. The molecule has 2 rings (SSSR count). The minimum Gasteiger partial charge on any atom is -0.394 e. The first-order chi connectivity index (χ1) is 17.2. The first-order valence-electron chi connectivity index (χ1n) is 13.2. The zero-order chi connectivity index (χ0) is 26.7. The Morgan fingerprint density at radius 3 is 1.97 bits per heavy atom. The number of ether oxygens (including phenoxy) is 4. The van der Waals surface area contributed by atoms with Gasteiger partial charge in [-0.1, -0.05) is 63.5 Å². The lowest BCUT2D eigenvalue weighted by molar-refractivity contribution is -0.359. The van der Waals surface area contributed by atoms with Gasteiger partial charge in [-0.05, 0) is 13.3 Å². The van der Waals surface area contributed by atoms with Gasteiger partial charge in [0.15, 0.2) is 12.6 Å². The highest BCUT2D eigenvalue weighted by molar-refractivity contribution is 4.94. The Kier molecular flexibility index (Phi) is 14.2. The van der Waals surface area contributed by atoms with Crippen LogP contribution in [0.1, 0.15) is 71.6 Å². The van der Waals surface area contributed by atoms with Gasteiger partial charge in [0.25, 0.3) is 0 Å². The Labute approximate surface area is 212 Å². The molecular formula is C24H45NO11. The summed E-state index contributed by atoms with van der Waals surface area (Å²) in [6.07, 6.45) is -4.83. The molecule has 36 heavy (non-hydrogen) atoms. The van der Waals surface area contributed by atoms with Crippen LogP contribution in [-0.4, -0.2) is 111 Å². The topological polar surface area (TPSA) is 188 Å². The van der Waals surface area contributed by atoms with Crippen LogP contribution in [0, 0.1) is 4.91 Å². The molecule has 2 aliphatic heterocycles. The quantitative estimate of drug-likeness (QED) is 0.121. The summed E-state index contributed by atoms with van der Waals surface area (Å²) in [5, 5.41) is 63.7. The van der Waals surface area contributed by atoms with E-state index < -0.39 is 74.6 Å². The molecule has 11 atom stereocenters. The van der Waals surface area contributed by atoms with Gasteiger partial charge in [-0.15, -0.1) is 0 Å². The lowest BCUT2D eigenvalue weighted by atomic mass is 9.96. The second-order valence-corrected chi connectivity index (χ2v) is 9.84. The highest BCUT2D eigenvalue weighted by Crippen LogP contribution is 2.30. The second-order valence-electron chi connectivity index (χ2n) is 9.84. The van der Waals surface area contributed by atoms with Crippen molar-refractivity contribution >= 4 is 0 Å². The van der Waals surface area contributed by atoms with Crippen molar-refractivity contribution in [1.82, 2.24) is 0 Å². The maximum atomic E-state index is 11.0. The number of hydrogen-bond donors (Lipinski definition) is 6. The summed E-state index contributed by atoms with van der Waals surface area (Å²) in [4.78, 5) is 11.0. The van der Waals surface area contributed by atoms with Crippen LogP contribution in [0.25, 0.3) is 0 Å². The van der Waals surface area contributed by atoms with E-state index in [1.165, 1.54) is 32.1 Å². The largest absolute Gasteiger partial charge is 0.394 e. The third-order valence-electron chi connectivity index (χ3n) is 6.87. The van der Waals surface area contributed by atoms with Crippen LogP contribution >= 0.6 is 0 Å². The SMILES string of the molecule is CCCCCCCCCCC(C)OC1OC(CN=O)C(OC2OC(CO)C(O)C(O)C2O)C(O)C1O. The zero-order valence-electron chi connectivity index (χ0n) is 21.3. The molecule has 0 bridgehead atoms. The van der Waals surface area contributed by atoms with Gasteiger partial charge in [0.1, 0.15) is 55.4 Å². The molecule has 0 spiro atoms. The van der Waals surface area contributed by atoms with Crippen LogP contribution in [-0.2, 0) is 18.9 Å². The fourth-order valence-electron chi connectivity index (χ4n) is 4.60. The molecule has 2 heterocycles. The first-order valence-corrected chi connectivity index (χ1v) is 13.2. The maximum absolute atomic E-state index is 11.0. The zero-order valence-corrected chi connectivity index (χ0v) is 21.3. The fourth-order valence-corrected chi connectivity index (χ4v) is 4.60. The summed E-state index contributed by atoms with van der Waals surface area (Å²) in [6, 6.07) is 0. The predicted molar refractivity (Wildman–Crippen MR) is 128 cm³/mol. The van der Waals surface area contributed by atoms with E-state index in [1.807, 2.05) is 6.92 Å². The molecular weight excluding hydrogens is 478 g/mol. The Bertz CT molecular complexity index is 613. The molecule has 0 aromatic heterocycles. The van der Waals surface area contributed by atoms with E-state index >= 15 is 0 Å². The van der Waals surface area contributed by atoms with Crippen LogP contribution in [0.15, 0.2) is 5.18 Å². The van der Waals surface area contributed by atoms with Crippen LogP contribution in [0.4, 0.5) is 0 Å². The number of aliphatic hydroxyl groups is 6. The molecule has 12 nitrogen and oxygen atoms in total. The third-order valence-corrected chi connectivity index (χ3v) is 6.87. The number of aliphatic hydroxyl groups excluding tert-OH is 6. The molecule has 2 fully saturated rings. The van der Waals surface area contributed by atoms with E-state index in [-0.39, 0.29) is 6.10 Å². The number of nitrogens with zero attached hydrogens (tertiary/aromatic N) is 1. The summed E-state index contributed by atoms with van der Waals surface area (Å²) in [6.45, 7) is 2.92. The van der Waals surface area contributed by atoms with E-state index in [1.54, 1.807) is 0 Å². The smallest absolute Gasteiger partial charge is 0.187 e. The van der Waals surface area contributed by atoms with Crippen LogP contribution < -0.4 is 0 Å². The summed E-state index contributed by atoms with van der Waals surface area (Å²) < 4.78 is 22.4. The van der Waals surface area contributed by atoms with Gasteiger partial charge in [0.2, 0.25) is 0 Å². The number of unbranched alkanes of at least 4 members (excludes halogenated alkanes) is 7. The fraction of sp³-hybridized carbons (Fsp3) is 1.00. The van der Waals surface area contributed by atoms with Gasteiger partial charge in [-0.2, -0.15) is 4.91 Å². The molecule has 0 amide bonds. The molecule has 0 aromatic rings. The van der Waals surface area contributed by atoms with Crippen molar-refractivity contribution in [2.24, 2.45) is 5.18 Å². The van der Waals surface area contributed by atoms with Crippen LogP contribution in [0.5, 0.6) is 0 Å². The highest BCUT2D eigenvalue weighted by Gasteiger charge is 2.51. The second kappa shape index (κ2) is 16.2. The molecule has 11 unspecified atom stereocenters. The Balaban J connectivity index is 1.88. The molecule has 0 radical (unpaired) electrons. The van der Waals surface area contributed by atoms with Crippen molar-refractivity contribution in [3.8, 4) is 0 Å². The van der Waals surface area contributed by atoms with Crippen molar-refractivity contribution in [1.29, 1.82) is 0 Å².